The van der Waals surface area contributed by atoms with Crippen molar-refractivity contribution in [3.63, 3.8) is 0 Å². The first-order valence-corrected chi connectivity index (χ1v) is 11.5. The number of anilines is 2. The van der Waals surface area contributed by atoms with Crippen LogP contribution in [0.5, 0.6) is 5.75 Å². The predicted molar refractivity (Wildman–Crippen MR) is 133 cm³/mol. The van der Waals surface area contributed by atoms with Gasteiger partial charge in [0.15, 0.2) is 10.8 Å². The second-order valence-electron chi connectivity index (χ2n) is 7.36. The van der Waals surface area contributed by atoms with Crippen LogP contribution in [0, 0.1) is 0 Å². The summed E-state index contributed by atoms with van der Waals surface area (Å²) in [7, 11) is 1.60. The van der Waals surface area contributed by atoms with Gasteiger partial charge in [-0.3, -0.25) is 5.32 Å². The number of urea groups is 1. The molecule has 3 heterocycles. The predicted octanol–water partition coefficient (Wildman–Crippen LogP) is 4.84. The van der Waals surface area contributed by atoms with Crippen molar-refractivity contribution >= 4 is 50.0 Å². The third-order valence-corrected chi connectivity index (χ3v) is 6.06. The first kappa shape index (κ1) is 22.3. The van der Waals surface area contributed by atoms with E-state index in [9.17, 15) is 9.59 Å². The van der Waals surface area contributed by atoms with E-state index < -0.39 is 12.0 Å². The lowest BCUT2D eigenvalue weighted by Crippen LogP contribution is -2.19. The molecular weight excluding hydrogens is 468 g/mol. The molecule has 10 nitrogen and oxygen atoms in total. The molecule has 0 aliphatic rings. The second-order valence-corrected chi connectivity index (χ2v) is 8.39. The van der Waals surface area contributed by atoms with Gasteiger partial charge in [0.25, 0.3) is 0 Å². The third kappa shape index (κ3) is 4.49. The van der Waals surface area contributed by atoms with Gasteiger partial charge in [0.2, 0.25) is 0 Å². The van der Waals surface area contributed by atoms with Gasteiger partial charge in [-0.1, -0.05) is 23.5 Å². The summed E-state index contributed by atoms with van der Waals surface area (Å²) in [5, 5.41) is 10.4. The number of benzene rings is 2. The number of carbonyl (C=O) groups is 2. The zero-order chi connectivity index (χ0) is 24.4. The molecule has 0 bridgehead atoms. The standard InChI is InChI=1S/C24H20N6O4S/c1-3-34-22(31)17-13-26-30-19(9-10-25-21(17)30)14-5-4-6-15(11-14)27-23(32)29-24-28-18-8-7-16(33-2)12-20(18)35-24/h4-13H,3H2,1-2H3,(H2,27,28,29,32). The highest BCUT2D eigenvalue weighted by Gasteiger charge is 2.17. The Bertz CT molecular complexity index is 1560. The van der Waals surface area contributed by atoms with Crippen LogP contribution in [0.2, 0.25) is 0 Å². The van der Waals surface area contributed by atoms with Crippen molar-refractivity contribution in [3.8, 4) is 17.0 Å². The van der Waals surface area contributed by atoms with Crippen molar-refractivity contribution in [1.82, 2.24) is 19.6 Å². The summed E-state index contributed by atoms with van der Waals surface area (Å²) in [4.78, 5) is 33.5. The molecule has 35 heavy (non-hydrogen) atoms. The minimum absolute atomic E-state index is 0.261. The molecule has 0 atom stereocenters. The fourth-order valence-electron chi connectivity index (χ4n) is 3.56. The molecule has 0 unspecified atom stereocenters. The molecule has 5 rings (SSSR count). The molecule has 2 aromatic carbocycles. The number of nitrogens with zero attached hydrogens (tertiary/aromatic N) is 4. The number of hydrogen-bond donors (Lipinski definition) is 2. The highest BCUT2D eigenvalue weighted by molar-refractivity contribution is 7.22. The highest BCUT2D eigenvalue weighted by atomic mass is 32.1. The summed E-state index contributed by atoms with van der Waals surface area (Å²) in [6.45, 7) is 2.00. The van der Waals surface area contributed by atoms with E-state index in [-0.39, 0.29) is 12.2 Å². The van der Waals surface area contributed by atoms with Crippen LogP contribution in [0.3, 0.4) is 0 Å². The summed E-state index contributed by atoms with van der Waals surface area (Å²) in [6.07, 6.45) is 3.04. The minimum Gasteiger partial charge on any atom is -0.497 e. The van der Waals surface area contributed by atoms with Gasteiger partial charge >= 0.3 is 12.0 Å². The average Bonchev–Trinajstić information content (AvgIpc) is 3.47. The number of methoxy groups -OCH3 is 1. The maximum absolute atomic E-state index is 12.6. The number of ether oxygens (including phenoxy) is 2. The van der Waals surface area contributed by atoms with E-state index in [1.165, 1.54) is 17.5 Å². The van der Waals surface area contributed by atoms with E-state index >= 15 is 0 Å². The van der Waals surface area contributed by atoms with E-state index in [2.05, 4.69) is 25.7 Å². The van der Waals surface area contributed by atoms with Crippen LogP contribution in [0.15, 0.2) is 60.9 Å². The van der Waals surface area contributed by atoms with Crippen LogP contribution in [0.1, 0.15) is 17.3 Å². The molecule has 0 fully saturated rings. The molecule has 0 saturated heterocycles. The highest BCUT2D eigenvalue weighted by Crippen LogP contribution is 2.29. The second kappa shape index (κ2) is 9.39. The fraction of sp³-hybridized carbons (Fsp3) is 0.125. The molecule has 0 saturated carbocycles. The maximum atomic E-state index is 12.6. The maximum Gasteiger partial charge on any atom is 0.343 e. The van der Waals surface area contributed by atoms with E-state index in [0.717, 1.165) is 21.5 Å². The average molecular weight is 489 g/mol. The smallest absolute Gasteiger partial charge is 0.343 e. The largest absolute Gasteiger partial charge is 0.497 e. The SMILES string of the molecule is CCOC(=O)c1cnn2c(-c3cccc(NC(=O)Nc4nc5ccc(OC)cc5s4)c3)ccnc12. The number of nitrogens with one attached hydrogen (secondary N) is 2. The molecular formula is C24H20N6O4S. The lowest BCUT2D eigenvalue weighted by Gasteiger charge is -2.09. The number of aromatic nitrogens is 4. The van der Waals surface area contributed by atoms with Crippen molar-refractivity contribution in [2.24, 2.45) is 0 Å². The number of hydrogen-bond acceptors (Lipinski definition) is 8. The summed E-state index contributed by atoms with van der Waals surface area (Å²) in [5.74, 6) is 0.248. The van der Waals surface area contributed by atoms with Gasteiger partial charge in [0, 0.05) is 17.4 Å². The topological polar surface area (TPSA) is 120 Å². The summed E-state index contributed by atoms with van der Waals surface area (Å²) >= 11 is 1.36. The summed E-state index contributed by atoms with van der Waals surface area (Å²) in [6, 6.07) is 14.2. The molecule has 2 N–H and O–H groups in total. The third-order valence-electron chi connectivity index (χ3n) is 5.13. The van der Waals surface area contributed by atoms with Crippen LogP contribution < -0.4 is 15.4 Å². The van der Waals surface area contributed by atoms with E-state index in [4.69, 9.17) is 9.47 Å². The summed E-state index contributed by atoms with van der Waals surface area (Å²) in [5.41, 5.74) is 3.51. The summed E-state index contributed by atoms with van der Waals surface area (Å²) < 4.78 is 12.8. The number of thiazole rings is 1. The number of amides is 2. The van der Waals surface area contributed by atoms with Gasteiger partial charge < -0.3 is 14.8 Å². The molecule has 11 heteroatoms. The number of fused-ring (bicyclic) bond motifs is 2. The molecule has 3 aromatic heterocycles. The lowest BCUT2D eigenvalue weighted by molar-refractivity contribution is 0.0528. The number of carbonyl (C=O) groups excluding carboxylic acids is 2. The van der Waals surface area contributed by atoms with Crippen molar-refractivity contribution in [1.29, 1.82) is 0 Å². The fourth-order valence-corrected chi connectivity index (χ4v) is 4.45. The van der Waals surface area contributed by atoms with Gasteiger partial charge in [0.1, 0.15) is 11.3 Å². The molecule has 0 aliphatic heterocycles. The molecule has 5 aromatic rings. The molecule has 176 valence electrons. The Labute approximate surface area is 203 Å². The van der Waals surface area contributed by atoms with Crippen LogP contribution >= 0.6 is 11.3 Å². The van der Waals surface area contributed by atoms with Crippen LogP contribution in [0.4, 0.5) is 15.6 Å². The molecule has 0 radical (unpaired) electrons. The Morgan fingerprint density at radius 2 is 2.00 bits per heavy atom. The number of esters is 1. The van der Waals surface area contributed by atoms with Gasteiger partial charge in [-0.15, -0.1) is 0 Å². The van der Waals surface area contributed by atoms with Crippen molar-refractivity contribution in [2.45, 2.75) is 6.92 Å². The van der Waals surface area contributed by atoms with E-state index in [1.807, 2.05) is 36.4 Å². The Morgan fingerprint density at radius 1 is 1.11 bits per heavy atom. The Kier molecular flexibility index (Phi) is 5.98. The van der Waals surface area contributed by atoms with Gasteiger partial charge in [-0.25, -0.2) is 24.1 Å². The van der Waals surface area contributed by atoms with Crippen molar-refractivity contribution < 1.29 is 19.1 Å². The van der Waals surface area contributed by atoms with Crippen molar-refractivity contribution in [3.05, 3.63) is 66.5 Å². The first-order valence-electron chi connectivity index (χ1n) is 10.7. The monoisotopic (exact) mass is 488 g/mol. The van der Waals surface area contributed by atoms with Crippen LogP contribution in [0.25, 0.3) is 27.1 Å². The lowest BCUT2D eigenvalue weighted by atomic mass is 10.1. The van der Waals surface area contributed by atoms with Crippen molar-refractivity contribution in [2.75, 3.05) is 24.4 Å². The first-order chi connectivity index (χ1) is 17.1. The van der Waals surface area contributed by atoms with Crippen LogP contribution in [-0.2, 0) is 4.74 Å². The normalized spacial score (nSPS) is 10.9. The number of rotatable bonds is 6. The minimum atomic E-state index is -0.479. The molecule has 2 amide bonds. The van der Waals surface area contributed by atoms with Gasteiger partial charge in [0.05, 0.1) is 35.8 Å². The van der Waals surface area contributed by atoms with Crippen LogP contribution in [-0.4, -0.2) is 45.3 Å². The quantitative estimate of drug-likeness (QED) is 0.328. The Hall–Kier alpha value is -4.51. The Morgan fingerprint density at radius 3 is 2.83 bits per heavy atom. The molecule has 0 spiro atoms. The van der Waals surface area contributed by atoms with Gasteiger partial charge in [-0.05, 0) is 43.3 Å². The Balaban J connectivity index is 1.36. The van der Waals surface area contributed by atoms with E-state index in [0.29, 0.717) is 22.2 Å². The molecule has 0 aliphatic carbocycles. The zero-order valence-corrected chi connectivity index (χ0v) is 19.6. The zero-order valence-electron chi connectivity index (χ0n) is 18.8. The van der Waals surface area contributed by atoms with Gasteiger partial charge in [-0.2, -0.15) is 5.10 Å². The van der Waals surface area contributed by atoms with E-state index in [1.54, 1.807) is 36.9 Å².